The number of unbranched alkanes of at least 4 members (excludes halogenated alkanes) is 8. The number of rotatable bonds is 18. The highest BCUT2D eigenvalue weighted by Crippen LogP contribution is 2.15. The zero-order valence-corrected chi connectivity index (χ0v) is 18.8. The predicted octanol–water partition coefficient (Wildman–Crippen LogP) is 7.91. The molecule has 0 spiro atoms. The number of ether oxygens (including phenoxy) is 1. The number of carbonyl (C=O) groups excluding carboxylic acids is 1. The molecule has 0 saturated heterocycles. The van der Waals surface area contributed by atoms with Crippen LogP contribution in [0.2, 0.25) is 0 Å². The summed E-state index contributed by atoms with van der Waals surface area (Å²) in [4.78, 5) is 11.6. The monoisotopic (exact) mass is 428 g/mol. The van der Waals surface area contributed by atoms with Crippen molar-refractivity contribution in [3.05, 3.63) is 24.3 Å². The Morgan fingerprint density at radius 3 is 1.58 bits per heavy atom. The number of halogens is 1. The largest absolute Gasteiger partial charge is 0.462 e. The molecule has 0 fully saturated rings. The number of allylic oxidation sites excluding steroid dienone is 4. The van der Waals surface area contributed by atoms with Gasteiger partial charge in [0.05, 0.1) is 0 Å². The van der Waals surface area contributed by atoms with Gasteiger partial charge in [-0.05, 0) is 64.2 Å². The zero-order valence-electron chi connectivity index (χ0n) is 17.2. The van der Waals surface area contributed by atoms with E-state index in [9.17, 15) is 4.79 Å². The fraction of sp³-hybridized carbons (Fsp3) is 0.783. The number of carbonyl (C=O) groups is 1. The molecule has 0 aromatic rings. The fourth-order valence-corrected chi connectivity index (χ4v) is 3.03. The van der Waals surface area contributed by atoms with Crippen LogP contribution in [-0.4, -0.2) is 17.4 Å². The van der Waals surface area contributed by atoms with Crippen LogP contribution < -0.4 is 0 Å². The normalized spacial score (nSPS) is 11.8. The Kier molecular flexibility index (Phi) is 20.3. The van der Waals surface area contributed by atoms with Gasteiger partial charge in [0.2, 0.25) is 0 Å². The third-order valence-corrected chi connectivity index (χ3v) is 4.94. The molecule has 0 aromatic heterocycles. The van der Waals surface area contributed by atoms with E-state index in [1.165, 1.54) is 51.4 Å². The van der Waals surface area contributed by atoms with Crippen molar-refractivity contribution in [3.63, 3.8) is 0 Å². The molecule has 0 rings (SSSR count). The van der Waals surface area contributed by atoms with Gasteiger partial charge in [-0.25, -0.2) is 0 Å². The third kappa shape index (κ3) is 18.2. The van der Waals surface area contributed by atoms with E-state index in [2.05, 4.69) is 54.1 Å². The second kappa shape index (κ2) is 20.7. The minimum atomic E-state index is -0.139. The highest BCUT2D eigenvalue weighted by Gasteiger charge is 2.12. The van der Waals surface area contributed by atoms with Gasteiger partial charge in [0, 0.05) is 0 Å². The molecule has 0 radical (unpaired) electrons. The van der Waals surface area contributed by atoms with Crippen LogP contribution in [0.5, 0.6) is 0 Å². The quantitative estimate of drug-likeness (QED) is 0.0958. The van der Waals surface area contributed by atoms with Gasteiger partial charge in [-0.1, -0.05) is 79.8 Å². The molecule has 152 valence electrons. The maximum absolute atomic E-state index is 11.6. The summed E-state index contributed by atoms with van der Waals surface area (Å²) in [6.07, 6.45) is 25.8. The van der Waals surface area contributed by atoms with Crippen molar-refractivity contribution < 1.29 is 9.53 Å². The van der Waals surface area contributed by atoms with Crippen molar-refractivity contribution in [1.29, 1.82) is 0 Å². The van der Waals surface area contributed by atoms with Gasteiger partial charge < -0.3 is 4.74 Å². The summed E-state index contributed by atoms with van der Waals surface area (Å²) < 4.78 is 5.58. The van der Waals surface area contributed by atoms with Gasteiger partial charge in [-0.3, -0.25) is 4.79 Å². The standard InChI is InChI=1S/C23H41BrO2/c1-3-5-7-9-11-13-15-17-19-22(26-23(25)21-24)20-18-16-14-12-10-8-6-4-2/h11-14,22H,3-10,15-21H2,1-2H3/b13-11-,14-12-. The van der Waals surface area contributed by atoms with Crippen LogP contribution in [0.1, 0.15) is 104 Å². The highest BCUT2D eigenvalue weighted by molar-refractivity contribution is 9.09. The van der Waals surface area contributed by atoms with Crippen LogP contribution in [0.15, 0.2) is 24.3 Å². The van der Waals surface area contributed by atoms with E-state index in [0.717, 1.165) is 38.5 Å². The molecule has 0 aliphatic carbocycles. The van der Waals surface area contributed by atoms with Crippen molar-refractivity contribution in [3.8, 4) is 0 Å². The average molecular weight is 429 g/mol. The summed E-state index contributed by atoms with van der Waals surface area (Å²) in [7, 11) is 0. The lowest BCUT2D eigenvalue weighted by Crippen LogP contribution is -2.19. The predicted molar refractivity (Wildman–Crippen MR) is 118 cm³/mol. The molecule has 0 amide bonds. The van der Waals surface area contributed by atoms with E-state index >= 15 is 0 Å². The molecular formula is C23H41BrO2. The molecule has 0 aliphatic rings. The summed E-state index contributed by atoms with van der Waals surface area (Å²) in [5, 5.41) is 0.290. The Labute approximate surface area is 171 Å². The summed E-state index contributed by atoms with van der Waals surface area (Å²) in [5.41, 5.74) is 0. The number of alkyl halides is 1. The van der Waals surface area contributed by atoms with Gasteiger partial charge in [-0.15, -0.1) is 0 Å². The van der Waals surface area contributed by atoms with Gasteiger partial charge in [0.25, 0.3) is 0 Å². The van der Waals surface area contributed by atoms with E-state index in [1.54, 1.807) is 0 Å². The molecule has 0 aliphatic heterocycles. The topological polar surface area (TPSA) is 26.3 Å². The summed E-state index contributed by atoms with van der Waals surface area (Å²) in [6, 6.07) is 0. The molecule has 3 heteroatoms. The first-order valence-electron chi connectivity index (χ1n) is 10.8. The Morgan fingerprint density at radius 1 is 0.769 bits per heavy atom. The molecule has 26 heavy (non-hydrogen) atoms. The van der Waals surface area contributed by atoms with Crippen LogP contribution in [0, 0.1) is 0 Å². The lowest BCUT2D eigenvalue weighted by molar-refractivity contribution is -0.146. The second-order valence-electron chi connectivity index (χ2n) is 7.04. The molecule has 0 heterocycles. The Bertz CT molecular complexity index is 337. The van der Waals surface area contributed by atoms with Gasteiger partial charge in [0.15, 0.2) is 0 Å². The Morgan fingerprint density at radius 2 is 1.19 bits per heavy atom. The van der Waals surface area contributed by atoms with Crippen LogP contribution >= 0.6 is 15.9 Å². The maximum atomic E-state index is 11.6. The lowest BCUT2D eigenvalue weighted by atomic mass is 10.0. The van der Waals surface area contributed by atoms with Crippen LogP contribution in [0.4, 0.5) is 0 Å². The molecule has 0 aromatic carbocycles. The highest BCUT2D eigenvalue weighted by atomic mass is 79.9. The molecule has 0 bridgehead atoms. The number of esters is 1. The van der Waals surface area contributed by atoms with E-state index in [-0.39, 0.29) is 17.4 Å². The van der Waals surface area contributed by atoms with Gasteiger partial charge in [-0.2, -0.15) is 0 Å². The van der Waals surface area contributed by atoms with Crippen LogP contribution in [0.3, 0.4) is 0 Å². The van der Waals surface area contributed by atoms with E-state index in [4.69, 9.17) is 4.74 Å². The van der Waals surface area contributed by atoms with Crippen molar-refractivity contribution in [2.45, 2.75) is 110 Å². The SMILES string of the molecule is CCCCC/C=C\CCCC(CCC/C=C\CCCCC)OC(=O)CBr. The Hall–Kier alpha value is -0.570. The first-order chi connectivity index (χ1) is 12.7. The van der Waals surface area contributed by atoms with Crippen LogP contribution in [-0.2, 0) is 9.53 Å². The van der Waals surface area contributed by atoms with E-state index in [1.807, 2.05) is 0 Å². The summed E-state index contributed by atoms with van der Waals surface area (Å²) in [6.45, 7) is 4.47. The number of hydrogen-bond donors (Lipinski definition) is 0. The molecule has 0 atom stereocenters. The van der Waals surface area contributed by atoms with Crippen molar-refractivity contribution >= 4 is 21.9 Å². The molecular weight excluding hydrogens is 388 g/mol. The summed E-state index contributed by atoms with van der Waals surface area (Å²) >= 11 is 3.19. The minimum absolute atomic E-state index is 0.0713. The van der Waals surface area contributed by atoms with E-state index in [0.29, 0.717) is 0 Å². The first kappa shape index (κ1) is 25.4. The van der Waals surface area contributed by atoms with Crippen LogP contribution in [0.25, 0.3) is 0 Å². The lowest BCUT2D eigenvalue weighted by Gasteiger charge is -2.16. The Balaban J connectivity index is 3.92. The van der Waals surface area contributed by atoms with Gasteiger partial charge in [0.1, 0.15) is 11.4 Å². The second-order valence-corrected chi connectivity index (χ2v) is 7.60. The zero-order chi connectivity index (χ0) is 19.3. The fourth-order valence-electron chi connectivity index (χ4n) is 2.90. The minimum Gasteiger partial charge on any atom is -0.462 e. The van der Waals surface area contributed by atoms with Crippen molar-refractivity contribution in [1.82, 2.24) is 0 Å². The molecule has 0 saturated carbocycles. The average Bonchev–Trinajstić information content (AvgIpc) is 2.65. The third-order valence-electron chi connectivity index (χ3n) is 4.48. The maximum Gasteiger partial charge on any atom is 0.316 e. The molecule has 0 unspecified atom stereocenters. The summed E-state index contributed by atoms with van der Waals surface area (Å²) in [5.74, 6) is -0.139. The van der Waals surface area contributed by atoms with Crippen molar-refractivity contribution in [2.75, 3.05) is 5.33 Å². The first-order valence-corrected chi connectivity index (χ1v) is 11.9. The van der Waals surface area contributed by atoms with Gasteiger partial charge >= 0.3 is 5.97 Å². The number of hydrogen-bond acceptors (Lipinski definition) is 2. The molecule has 2 nitrogen and oxygen atoms in total. The van der Waals surface area contributed by atoms with E-state index < -0.39 is 0 Å². The smallest absolute Gasteiger partial charge is 0.316 e. The molecule has 0 N–H and O–H groups in total. The van der Waals surface area contributed by atoms with Crippen molar-refractivity contribution in [2.24, 2.45) is 0 Å².